The second kappa shape index (κ2) is 5.11. The Morgan fingerprint density at radius 1 is 1.67 bits per heavy atom. The zero-order valence-electron chi connectivity index (χ0n) is 9.10. The van der Waals surface area contributed by atoms with Gasteiger partial charge in [0.05, 0.1) is 19.1 Å². The van der Waals surface area contributed by atoms with Gasteiger partial charge in [0.15, 0.2) is 0 Å². The molecule has 2 atom stereocenters. The number of methoxy groups -OCH3 is 1. The molecule has 1 saturated heterocycles. The van der Waals surface area contributed by atoms with Gasteiger partial charge in [-0.1, -0.05) is 0 Å². The normalized spacial score (nSPS) is 20.2. The van der Waals surface area contributed by atoms with Gasteiger partial charge in [-0.15, -0.1) is 0 Å². The number of rotatable bonds is 4. The van der Waals surface area contributed by atoms with Gasteiger partial charge < -0.3 is 14.7 Å². The fourth-order valence-electron chi connectivity index (χ4n) is 1.62. The molecule has 1 aliphatic rings. The maximum Gasteiger partial charge on any atom is 0.311 e. The molecule has 0 aromatic carbocycles. The third-order valence-corrected chi connectivity index (χ3v) is 2.73. The van der Waals surface area contributed by atoms with Crippen LogP contribution < -0.4 is 0 Å². The minimum atomic E-state index is -0.848. The van der Waals surface area contributed by atoms with E-state index in [1.54, 1.807) is 11.8 Å². The second-order valence-electron chi connectivity index (χ2n) is 3.82. The van der Waals surface area contributed by atoms with Crippen LogP contribution in [-0.4, -0.2) is 48.2 Å². The summed E-state index contributed by atoms with van der Waals surface area (Å²) in [7, 11) is 1.28. The summed E-state index contributed by atoms with van der Waals surface area (Å²) in [6, 6.07) is 0. The van der Waals surface area contributed by atoms with Gasteiger partial charge in [0.2, 0.25) is 5.91 Å². The number of ether oxygens (including phenoxy) is 1. The van der Waals surface area contributed by atoms with Crippen LogP contribution in [0.3, 0.4) is 0 Å². The van der Waals surface area contributed by atoms with Gasteiger partial charge in [0, 0.05) is 19.5 Å². The number of aliphatic hydroxyl groups excluding tert-OH is 1. The van der Waals surface area contributed by atoms with Crippen molar-refractivity contribution in [3.05, 3.63) is 0 Å². The Balaban J connectivity index is 2.43. The summed E-state index contributed by atoms with van der Waals surface area (Å²) in [6.07, 6.45) is 0.525. The molecule has 0 radical (unpaired) electrons. The molecule has 86 valence electrons. The van der Waals surface area contributed by atoms with Crippen LogP contribution in [0.1, 0.15) is 19.8 Å². The molecule has 15 heavy (non-hydrogen) atoms. The van der Waals surface area contributed by atoms with Gasteiger partial charge in [-0.3, -0.25) is 9.59 Å². The number of β-amino-alcohol motifs (C(OH)–C–C–N with tert-alkyl or cyclic N) is 1. The first kappa shape index (κ1) is 12.0. The fraction of sp³-hybridized carbons (Fsp3) is 0.800. The molecule has 0 aliphatic carbocycles. The van der Waals surface area contributed by atoms with Crippen molar-refractivity contribution in [3.8, 4) is 0 Å². The van der Waals surface area contributed by atoms with Crippen LogP contribution in [0.4, 0.5) is 0 Å². The SMILES string of the molecule is COC(=O)C(C)C(O)CN1CCCC1=O. The lowest BCUT2D eigenvalue weighted by atomic mass is 10.1. The molecule has 1 aliphatic heterocycles. The van der Waals surface area contributed by atoms with Crippen molar-refractivity contribution in [1.29, 1.82) is 0 Å². The molecule has 0 bridgehead atoms. The first-order valence-electron chi connectivity index (χ1n) is 5.10. The summed E-state index contributed by atoms with van der Waals surface area (Å²) < 4.78 is 4.52. The van der Waals surface area contributed by atoms with E-state index in [1.165, 1.54) is 7.11 Å². The lowest BCUT2D eigenvalue weighted by Crippen LogP contribution is -2.39. The molecule has 0 aromatic heterocycles. The van der Waals surface area contributed by atoms with Gasteiger partial charge >= 0.3 is 5.97 Å². The number of likely N-dealkylation sites (tertiary alicyclic amines) is 1. The number of esters is 1. The van der Waals surface area contributed by atoms with Crippen LogP contribution in [0.5, 0.6) is 0 Å². The quantitative estimate of drug-likeness (QED) is 0.658. The molecule has 1 rings (SSSR count). The molecule has 1 amide bonds. The zero-order valence-corrected chi connectivity index (χ0v) is 9.10. The number of amides is 1. The standard InChI is InChI=1S/C10H17NO4/c1-7(10(14)15-2)8(12)6-11-5-3-4-9(11)13/h7-8,12H,3-6H2,1-2H3. The fourth-order valence-corrected chi connectivity index (χ4v) is 1.62. The minimum absolute atomic E-state index is 0.0473. The molecule has 5 heteroatoms. The number of aliphatic hydroxyl groups is 1. The third-order valence-electron chi connectivity index (χ3n) is 2.73. The summed E-state index contributed by atoms with van der Waals surface area (Å²) in [5.74, 6) is -0.997. The largest absolute Gasteiger partial charge is 0.469 e. The van der Waals surface area contributed by atoms with E-state index in [-0.39, 0.29) is 12.5 Å². The van der Waals surface area contributed by atoms with Gasteiger partial charge in [0.1, 0.15) is 0 Å². The Hall–Kier alpha value is -1.10. The molecule has 5 nitrogen and oxygen atoms in total. The smallest absolute Gasteiger partial charge is 0.311 e. The van der Waals surface area contributed by atoms with Crippen molar-refractivity contribution in [1.82, 2.24) is 4.90 Å². The summed E-state index contributed by atoms with van der Waals surface area (Å²) in [5.41, 5.74) is 0. The van der Waals surface area contributed by atoms with Crippen molar-refractivity contribution < 1.29 is 19.4 Å². The summed E-state index contributed by atoms with van der Waals surface area (Å²) in [6.45, 7) is 2.48. The average molecular weight is 215 g/mol. The molecule has 1 heterocycles. The Bertz CT molecular complexity index is 254. The minimum Gasteiger partial charge on any atom is -0.469 e. The number of carbonyl (C=O) groups excluding carboxylic acids is 2. The van der Waals surface area contributed by atoms with E-state index in [1.807, 2.05) is 0 Å². The Kier molecular flexibility index (Phi) is 4.08. The molecule has 2 unspecified atom stereocenters. The van der Waals surface area contributed by atoms with Crippen LogP contribution in [0.2, 0.25) is 0 Å². The summed E-state index contributed by atoms with van der Waals surface area (Å²) >= 11 is 0. The molecule has 0 aromatic rings. The lowest BCUT2D eigenvalue weighted by molar-refractivity contribution is -0.149. The molecule has 1 fully saturated rings. The monoisotopic (exact) mass is 215 g/mol. The van der Waals surface area contributed by atoms with Crippen LogP contribution in [0, 0.1) is 5.92 Å². The van der Waals surface area contributed by atoms with Crippen molar-refractivity contribution >= 4 is 11.9 Å². The van der Waals surface area contributed by atoms with Crippen molar-refractivity contribution in [2.45, 2.75) is 25.9 Å². The van der Waals surface area contributed by atoms with Gasteiger partial charge in [-0.05, 0) is 13.3 Å². The highest BCUT2D eigenvalue weighted by molar-refractivity contribution is 5.78. The number of nitrogens with zero attached hydrogens (tertiary/aromatic N) is 1. The highest BCUT2D eigenvalue weighted by atomic mass is 16.5. The van der Waals surface area contributed by atoms with Crippen LogP contribution in [-0.2, 0) is 14.3 Å². The topological polar surface area (TPSA) is 66.8 Å². The maximum atomic E-state index is 11.3. The van der Waals surface area contributed by atoms with E-state index >= 15 is 0 Å². The predicted octanol–water partition coefficient (Wildman–Crippen LogP) is -0.221. The molecular formula is C10H17NO4. The van der Waals surface area contributed by atoms with E-state index < -0.39 is 18.0 Å². The second-order valence-corrected chi connectivity index (χ2v) is 3.82. The number of hydrogen-bond acceptors (Lipinski definition) is 4. The Morgan fingerprint density at radius 3 is 2.80 bits per heavy atom. The molecule has 1 N–H and O–H groups in total. The van der Waals surface area contributed by atoms with E-state index in [9.17, 15) is 14.7 Å². The van der Waals surface area contributed by atoms with E-state index in [0.717, 1.165) is 6.42 Å². The van der Waals surface area contributed by atoms with Crippen LogP contribution in [0.25, 0.3) is 0 Å². The average Bonchev–Trinajstić information content (AvgIpc) is 2.62. The highest BCUT2D eigenvalue weighted by Gasteiger charge is 2.28. The molecule has 0 spiro atoms. The van der Waals surface area contributed by atoms with Gasteiger partial charge in [-0.25, -0.2) is 0 Å². The number of hydrogen-bond donors (Lipinski definition) is 1. The maximum absolute atomic E-state index is 11.3. The van der Waals surface area contributed by atoms with E-state index in [4.69, 9.17) is 0 Å². The number of carbonyl (C=O) groups is 2. The van der Waals surface area contributed by atoms with Gasteiger partial charge in [-0.2, -0.15) is 0 Å². The van der Waals surface area contributed by atoms with Crippen LogP contribution >= 0.6 is 0 Å². The van der Waals surface area contributed by atoms with E-state index in [2.05, 4.69) is 4.74 Å². The van der Waals surface area contributed by atoms with Crippen molar-refractivity contribution in [2.24, 2.45) is 5.92 Å². The summed E-state index contributed by atoms with van der Waals surface area (Å²) in [4.78, 5) is 24.0. The Labute approximate surface area is 89.0 Å². The van der Waals surface area contributed by atoms with Crippen LogP contribution in [0.15, 0.2) is 0 Å². The zero-order chi connectivity index (χ0) is 11.4. The van der Waals surface area contributed by atoms with E-state index in [0.29, 0.717) is 13.0 Å². The highest BCUT2D eigenvalue weighted by Crippen LogP contribution is 2.13. The van der Waals surface area contributed by atoms with Gasteiger partial charge in [0.25, 0.3) is 0 Å². The third kappa shape index (κ3) is 2.92. The molecule has 0 saturated carbocycles. The summed E-state index contributed by atoms with van der Waals surface area (Å²) in [5, 5.41) is 9.70. The predicted molar refractivity (Wildman–Crippen MR) is 53.0 cm³/mol. The molecular weight excluding hydrogens is 198 g/mol. The van der Waals surface area contributed by atoms with Crippen molar-refractivity contribution in [2.75, 3.05) is 20.2 Å². The Morgan fingerprint density at radius 2 is 2.33 bits per heavy atom. The first-order chi connectivity index (χ1) is 7.06. The first-order valence-corrected chi connectivity index (χ1v) is 5.10. The van der Waals surface area contributed by atoms with Crippen molar-refractivity contribution in [3.63, 3.8) is 0 Å². The lowest BCUT2D eigenvalue weighted by Gasteiger charge is -2.22.